The fourth-order valence-electron chi connectivity index (χ4n) is 2.43. The number of anilines is 2. The van der Waals surface area contributed by atoms with Crippen LogP contribution in [-0.2, 0) is 4.79 Å². The first-order valence-corrected chi connectivity index (χ1v) is 7.15. The van der Waals surface area contributed by atoms with Crippen LogP contribution in [0.1, 0.15) is 22.8 Å². The van der Waals surface area contributed by atoms with Crippen LogP contribution in [0, 0.1) is 0 Å². The van der Waals surface area contributed by atoms with Gasteiger partial charge in [0.2, 0.25) is 5.91 Å². The Labute approximate surface area is 121 Å². The summed E-state index contributed by atoms with van der Waals surface area (Å²) in [5, 5.41) is 6.66. The molecule has 0 saturated heterocycles. The van der Waals surface area contributed by atoms with Crippen LogP contribution < -0.4 is 15.4 Å². The predicted molar refractivity (Wildman–Crippen MR) is 79.7 cm³/mol. The lowest BCUT2D eigenvalue weighted by atomic mass is 9.91. The number of thiazole rings is 1. The molecule has 1 amide bonds. The molecule has 2 N–H and O–H groups in total. The fourth-order valence-corrected chi connectivity index (χ4v) is 3.42. The first-order chi connectivity index (χ1) is 9.72. The van der Waals surface area contributed by atoms with Gasteiger partial charge in [-0.2, -0.15) is 0 Å². The molecule has 20 heavy (non-hydrogen) atoms. The SMILES string of the molecule is CNc1nc2c(s1)[C@@H](c1ccccc1OC)CC(=O)N2. The molecule has 0 radical (unpaired) electrons. The number of aromatic nitrogens is 1. The zero-order valence-electron chi connectivity index (χ0n) is 11.3. The lowest BCUT2D eigenvalue weighted by Gasteiger charge is -2.23. The van der Waals surface area contributed by atoms with Crippen molar-refractivity contribution in [2.24, 2.45) is 0 Å². The molecule has 2 heterocycles. The number of ether oxygens (including phenoxy) is 1. The van der Waals surface area contributed by atoms with Gasteiger partial charge in [0.1, 0.15) is 11.6 Å². The van der Waals surface area contributed by atoms with Crippen molar-refractivity contribution < 1.29 is 9.53 Å². The highest BCUT2D eigenvalue weighted by Gasteiger charge is 2.31. The summed E-state index contributed by atoms with van der Waals surface area (Å²) < 4.78 is 5.42. The maximum absolute atomic E-state index is 11.9. The molecular formula is C14H15N3O2S. The molecule has 1 aromatic carbocycles. The third kappa shape index (κ3) is 2.12. The van der Waals surface area contributed by atoms with Crippen molar-refractivity contribution in [2.75, 3.05) is 24.8 Å². The number of fused-ring (bicyclic) bond motifs is 1. The number of carbonyl (C=O) groups is 1. The molecule has 0 fully saturated rings. The van der Waals surface area contributed by atoms with E-state index in [1.165, 1.54) is 0 Å². The maximum atomic E-state index is 11.9. The van der Waals surface area contributed by atoms with E-state index in [-0.39, 0.29) is 11.8 Å². The number of hydrogen-bond donors (Lipinski definition) is 2. The highest BCUT2D eigenvalue weighted by Crippen LogP contribution is 2.44. The summed E-state index contributed by atoms with van der Waals surface area (Å²) >= 11 is 1.57. The number of rotatable bonds is 3. The largest absolute Gasteiger partial charge is 0.496 e. The van der Waals surface area contributed by atoms with Gasteiger partial charge in [-0.25, -0.2) is 4.98 Å². The van der Waals surface area contributed by atoms with Crippen LogP contribution >= 0.6 is 11.3 Å². The quantitative estimate of drug-likeness (QED) is 0.912. The van der Waals surface area contributed by atoms with Crippen LogP contribution in [0.3, 0.4) is 0 Å². The molecule has 0 spiro atoms. The van der Waals surface area contributed by atoms with E-state index >= 15 is 0 Å². The summed E-state index contributed by atoms with van der Waals surface area (Å²) in [6, 6.07) is 7.81. The molecule has 1 aromatic heterocycles. The first kappa shape index (κ1) is 12.9. The number of nitrogens with zero attached hydrogens (tertiary/aromatic N) is 1. The van der Waals surface area contributed by atoms with Gasteiger partial charge in [0.05, 0.1) is 12.0 Å². The molecule has 0 bridgehead atoms. The molecule has 0 unspecified atom stereocenters. The second-order valence-corrected chi connectivity index (χ2v) is 5.56. The van der Waals surface area contributed by atoms with Crippen LogP contribution in [0.5, 0.6) is 5.75 Å². The summed E-state index contributed by atoms with van der Waals surface area (Å²) in [6.07, 6.45) is 0.415. The number of benzene rings is 1. The molecule has 0 saturated carbocycles. The van der Waals surface area contributed by atoms with Gasteiger partial charge in [-0.05, 0) is 6.07 Å². The molecule has 5 nitrogen and oxygen atoms in total. The molecule has 1 aliphatic heterocycles. The van der Waals surface area contributed by atoms with Gasteiger partial charge >= 0.3 is 0 Å². The number of nitrogens with one attached hydrogen (secondary N) is 2. The molecule has 2 aromatic rings. The Morgan fingerprint density at radius 1 is 1.45 bits per heavy atom. The molecule has 0 aliphatic carbocycles. The number of carbonyl (C=O) groups excluding carboxylic acids is 1. The van der Waals surface area contributed by atoms with E-state index in [4.69, 9.17) is 4.74 Å². The van der Waals surface area contributed by atoms with E-state index in [1.54, 1.807) is 18.4 Å². The summed E-state index contributed by atoms with van der Waals surface area (Å²) in [5.41, 5.74) is 1.03. The zero-order chi connectivity index (χ0) is 14.1. The monoisotopic (exact) mass is 289 g/mol. The van der Waals surface area contributed by atoms with Gasteiger partial charge in [0.25, 0.3) is 0 Å². The Morgan fingerprint density at radius 3 is 3.00 bits per heavy atom. The first-order valence-electron chi connectivity index (χ1n) is 6.34. The zero-order valence-corrected chi connectivity index (χ0v) is 12.1. The van der Waals surface area contributed by atoms with E-state index < -0.39 is 0 Å². The lowest BCUT2D eigenvalue weighted by molar-refractivity contribution is -0.116. The van der Waals surface area contributed by atoms with E-state index in [2.05, 4.69) is 15.6 Å². The lowest BCUT2D eigenvalue weighted by Crippen LogP contribution is -2.22. The average Bonchev–Trinajstić information content (AvgIpc) is 2.89. The Hall–Kier alpha value is -2.08. The van der Waals surface area contributed by atoms with Crippen molar-refractivity contribution >= 4 is 28.2 Å². The van der Waals surface area contributed by atoms with Gasteiger partial charge in [-0.15, -0.1) is 0 Å². The van der Waals surface area contributed by atoms with E-state index in [0.29, 0.717) is 12.2 Å². The maximum Gasteiger partial charge on any atom is 0.226 e. The van der Waals surface area contributed by atoms with Gasteiger partial charge in [-0.1, -0.05) is 29.5 Å². The van der Waals surface area contributed by atoms with Crippen LogP contribution in [0.2, 0.25) is 0 Å². The van der Waals surface area contributed by atoms with Crippen LogP contribution in [0.25, 0.3) is 0 Å². The molecule has 6 heteroatoms. The minimum Gasteiger partial charge on any atom is -0.496 e. The highest BCUT2D eigenvalue weighted by atomic mass is 32.1. The molecule has 1 aliphatic rings. The van der Waals surface area contributed by atoms with Crippen LogP contribution in [0.4, 0.5) is 10.9 Å². The summed E-state index contributed by atoms with van der Waals surface area (Å²) in [6.45, 7) is 0. The Morgan fingerprint density at radius 2 is 2.25 bits per heavy atom. The van der Waals surface area contributed by atoms with Crippen LogP contribution in [-0.4, -0.2) is 25.0 Å². The number of amides is 1. The summed E-state index contributed by atoms with van der Waals surface area (Å²) in [7, 11) is 3.47. The number of para-hydroxylation sites is 1. The molecule has 3 rings (SSSR count). The highest BCUT2D eigenvalue weighted by molar-refractivity contribution is 7.16. The van der Waals surface area contributed by atoms with Crippen LogP contribution in [0.15, 0.2) is 24.3 Å². The average molecular weight is 289 g/mol. The summed E-state index contributed by atoms with van der Waals surface area (Å²) in [5.74, 6) is 1.44. The second-order valence-electron chi connectivity index (χ2n) is 4.53. The van der Waals surface area contributed by atoms with Crippen molar-refractivity contribution in [3.63, 3.8) is 0 Å². The second kappa shape index (κ2) is 5.13. The van der Waals surface area contributed by atoms with Crippen molar-refractivity contribution in [1.29, 1.82) is 0 Å². The predicted octanol–water partition coefficient (Wildman–Crippen LogP) is 2.67. The molecule has 1 atom stereocenters. The van der Waals surface area contributed by atoms with E-state index in [9.17, 15) is 4.79 Å². The minimum atomic E-state index is -0.0126. The number of methoxy groups -OCH3 is 1. The standard InChI is InChI=1S/C14H15N3O2S/c1-15-14-17-13-12(20-14)9(7-11(18)16-13)8-5-3-4-6-10(8)19-2/h3-6,9H,7H2,1-2H3,(H,15,17)(H,16,18)/t9-/m1/s1. The smallest absolute Gasteiger partial charge is 0.226 e. The molecular weight excluding hydrogens is 274 g/mol. The van der Waals surface area contributed by atoms with Crippen molar-refractivity contribution in [3.05, 3.63) is 34.7 Å². The van der Waals surface area contributed by atoms with Crippen molar-refractivity contribution in [3.8, 4) is 5.75 Å². The third-order valence-corrected chi connectivity index (χ3v) is 4.53. The minimum absolute atomic E-state index is 0.00509. The van der Waals surface area contributed by atoms with E-state index in [1.807, 2.05) is 31.3 Å². The van der Waals surface area contributed by atoms with Gasteiger partial charge in [0.15, 0.2) is 5.13 Å². The number of hydrogen-bond acceptors (Lipinski definition) is 5. The fraction of sp³-hybridized carbons (Fsp3) is 0.286. The van der Waals surface area contributed by atoms with Gasteiger partial charge in [-0.3, -0.25) is 4.79 Å². The van der Waals surface area contributed by atoms with Crippen molar-refractivity contribution in [1.82, 2.24) is 4.98 Å². The van der Waals surface area contributed by atoms with Gasteiger partial charge < -0.3 is 15.4 Å². The Bertz CT molecular complexity index is 654. The summed E-state index contributed by atoms with van der Waals surface area (Å²) in [4.78, 5) is 17.4. The van der Waals surface area contributed by atoms with E-state index in [0.717, 1.165) is 21.3 Å². The Balaban J connectivity index is 2.10. The third-order valence-electron chi connectivity index (χ3n) is 3.35. The van der Waals surface area contributed by atoms with Gasteiger partial charge in [0, 0.05) is 24.9 Å². The molecule has 104 valence electrons. The normalized spacial score (nSPS) is 17.3. The topological polar surface area (TPSA) is 63.3 Å². The Kier molecular flexibility index (Phi) is 3.31. The van der Waals surface area contributed by atoms with Crippen molar-refractivity contribution in [2.45, 2.75) is 12.3 Å².